The van der Waals surface area contributed by atoms with E-state index in [2.05, 4.69) is 11.1 Å². The Labute approximate surface area is 189 Å². The number of esters is 1. The summed E-state index contributed by atoms with van der Waals surface area (Å²) in [6, 6.07) is 17.9. The molecule has 0 bridgehead atoms. The Kier molecular flexibility index (Phi) is 6.40. The van der Waals surface area contributed by atoms with Crippen LogP contribution < -0.4 is 0 Å². The standard InChI is InChI=1S/C24H18N3O6/c28-23(32-15-17-8-10-20(11-9-17)27(30)31)13-21(19-7-4-12-25-14-19)26-22(16-33-24(26)29)18-5-2-1-3-6-18/h1-12,14,22H,15-16H2/t22-/m0/s1. The second-order valence-electron chi connectivity index (χ2n) is 7.09. The van der Waals surface area contributed by atoms with E-state index in [0.717, 1.165) is 5.56 Å². The van der Waals surface area contributed by atoms with E-state index < -0.39 is 23.0 Å². The normalized spacial score (nSPS) is 15.8. The highest BCUT2D eigenvalue weighted by Crippen LogP contribution is 2.35. The number of non-ortho nitro benzene ring substituents is 1. The van der Waals surface area contributed by atoms with Crippen molar-refractivity contribution in [1.82, 2.24) is 9.88 Å². The van der Waals surface area contributed by atoms with E-state index in [1.54, 1.807) is 18.3 Å². The summed E-state index contributed by atoms with van der Waals surface area (Å²) in [6.45, 7) is 0.00282. The third-order valence-corrected chi connectivity index (χ3v) is 4.97. The smallest absolute Gasteiger partial charge is 0.415 e. The zero-order valence-electron chi connectivity index (χ0n) is 17.3. The van der Waals surface area contributed by atoms with E-state index in [9.17, 15) is 19.7 Å². The molecule has 1 aromatic heterocycles. The first-order valence-electron chi connectivity index (χ1n) is 9.98. The molecule has 0 aliphatic carbocycles. The molecule has 1 aliphatic rings. The minimum Gasteiger partial charge on any atom is -0.457 e. The molecule has 1 atom stereocenters. The number of nitro benzene ring substituents is 1. The highest BCUT2D eigenvalue weighted by Gasteiger charge is 2.37. The third-order valence-electron chi connectivity index (χ3n) is 4.97. The van der Waals surface area contributed by atoms with Crippen molar-refractivity contribution in [3.05, 3.63) is 112 Å². The van der Waals surface area contributed by atoms with Crippen LogP contribution in [0.5, 0.6) is 0 Å². The minimum absolute atomic E-state index is 0.0603. The van der Waals surface area contributed by atoms with Gasteiger partial charge in [-0.1, -0.05) is 30.3 Å². The first kappa shape index (κ1) is 21.7. The number of benzene rings is 2. The number of hydrogen-bond acceptors (Lipinski definition) is 7. The zero-order chi connectivity index (χ0) is 23.2. The van der Waals surface area contributed by atoms with Crippen LogP contribution in [0.1, 0.15) is 22.7 Å². The Balaban J connectivity index is 1.59. The molecule has 4 rings (SSSR count). The number of ether oxygens (including phenoxy) is 2. The molecule has 0 unspecified atom stereocenters. The average Bonchev–Trinajstić information content (AvgIpc) is 3.23. The van der Waals surface area contributed by atoms with Crippen molar-refractivity contribution in [3.8, 4) is 0 Å². The molecule has 3 aromatic rings. The lowest BCUT2D eigenvalue weighted by Gasteiger charge is -2.24. The Hall–Kier alpha value is -4.53. The van der Waals surface area contributed by atoms with Crippen LogP contribution in [0.4, 0.5) is 10.5 Å². The van der Waals surface area contributed by atoms with E-state index in [1.165, 1.54) is 35.4 Å². The number of carbonyl (C=O) groups excluding carboxylic acids is 2. The topological polar surface area (TPSA) is 112 Å². The van der Waals surface area contributed by atoms with Gasteiger partial charge in [-0.15, -0.1) is 0 Å². The number of carbonyl (C=O) groups is 2. The lowest BCUT2D eigenvalue weighted by molar-refractivity contribution is -0.384. The van der Waals surface area contributed by atoms with Crippen LogP contribution in [0.3, 0.4) is 0 Å². The quantitative estimate of drug-likeness (QED) is 0.234. The molecule has 1 amide bonds. The summed E-state index contributed by atoms with van der Waals surface area (Å²) in [7, 11) is 0. The summed E-state index contributed by atoms with van der Waals surface area (Å²) in [5.41, 5.74) is 2.01. The van der Waals surface area contributed by atoms with Gasteiger partial charge in [-0.2, -0.15) is 0 Å². The van der Waals surface area contributed by atoms with E-state index in [-0.39, 0.29) is 24.6 Å². The highest BCUT2D eigenvalue weighted by atomic mass is 16.6. The predicted octanol–water partition coefficient (Wildman–Crippen LogP) is 4.07. The second kappa shape index (κ2) is 9.73. The fraction of sp³-hybridized carbons (Fsp3) is 0.125. The number of rotatable bonds is 7. The average molecular weight is 444 g/mol. The maximum atomic E-state index is 12.6. The molecule has 0 saturated carbocycles. The Morgan fingerprint density at radius 1 is 1.15 bits per heavy atom. The van der Waals surface area contributed by atoms with Gasteiger partial charge in [0.2, 0.25) is 0 Å². The number of nitrogens with zero attached hydrogens (tertiary/aromatic N) is 3. The SMILES string of the molecule is O=C([C]=C(c1cccnc1)N1C(=O)OC[C@H]1c1ccccc1)OCc1ccc([N+](=O)[O-])cc1. The number of hydrogen-bond donors (Lipinski definition) is 0. The number of cyclic esters (lactones) is 1. The lowest BCUT2D eigenvalue weighted by Crippen LogP contribution is -2.27. The van der Waals surface area contributed by atoms with Crippen LogP contribution in [-0.4, -0.2) is 33.5 Å². The summed E-state index contributed by atoms with van der Waals surface area (Å²) in [4.78, 5) is 41.0. The summed E-state index contributed by atoms with van der Waals surface area (Å²) >= 11 is 0. The molecule has 1 radical (unpaired) electrons. The van der Waals surface area contributed by atoms with Crippen LogP contribution in [0.15, 0.2) is 79.1 Å². The van der Waals surface area contributed by atoms with Gasteiger partial charge in [-0.25, -0.2) is 9.59 Å². The molecular formula is C24H18N3O6. The zero-order valence-corrected chi connectivity index (χ0v) is 17.3. The van der Waals surface area contributed by atoms with Gasteiger partial charge in [-0.05, 0) is 35.4 Å². The minimum atomic E-state index is -0.807. The van der Waals surface area contributed by atoms with Crippen molar-refractivity contribution in [1.29, 1.82) is 0 Å². The summed E-state index contributed by atoms with van der Waals surface area (Å²) in [6.07, 6.45) is 5.11. The van der Waals surface area contributed by atoms with Crippen molar-refractivity contribution in [2.24, 2.45) is 0 Å². The molecule has 165 valence electrons. The summed E-state index contributed by atoms with van der Waals surface area (Å²) in [5.74, 6) is -0.807. The Morgan fingerprint density at radius 3 is 2.58 bits per heavy atom. The molecular weight excluding hydrogens is 426 g/mol. The van der Waals surface area contributed by atoms with Crippen molar-refractivity contribution >= 4 is 23.4 Å². The molecule has 1 aliphatic heterocycles. The van der Waals surface area contributed by atoms with Crippen molar-refractivity contribution < 1.29 is 24.0 Å². The van der Waals surface area contributed by atoms with Gasteiger partial charge < -0.3 is 9.47 Å². The van der Waals surface area contributed by atoms with Crippen LogP contribution in [0.25, 0.3) is 5.70 Å². The highest BCUT2D eigenvalue weighted by molar-refractivity contribution is 5.92. The van der Waals surface area contributed by atoms with Crippen LogP contribution >= 0.6 is 0 Å². The van der Waals surface area contributed by atoms with Gasteiger partial charge in [0, 0.05) is 30.1 Å². The van der Waals surface area contributed by atoms with Gasteiger partial charge in [0.25, 0.3) is 5.69 Å². The predicted molar refractivity (Wildman–Crippen MR) is 116 cm³/mol. The molecule has 1 saturated heterocycles. The summed E-state index contributed by atoms with van der Waals surface area (Å²) in [5, 5.41) is 10.8. The van der Waals surface area contributed by atoms with Gasteiger partial charge >= 0.3 is 12.1 Å². The van der Waals surface area contributed by atoms with Gasteiger partial charge in [0.1, 0.15) is 19.3 Å². The van der Waals surface area contributed by atoms with Crippen LogP contribution in [0.2, 0.25) is 0 Å². The Bertz CT molecular complexity index is 1180. The fourth-order valence-corrected chi connectivity index (χ4v) is 3.36. The molecule has 9 heteroatoms. The molecule has 0 spiro atoms. The van der Waals surface area contributed by atoms with E-state index in [4.69, 9.17) is 9.47 Å². The largest absolute Gasteiger partial charge is 0.457 e. The number of amides is 1. The number of aromatic nitrogens is 1. The molecule has 2 aromatic carbocycles. The molecule has 2 heterocycles. The molecule has 9 nitrogen and oxygen atoms in total. The van der Waals surface area contributed by atoms with E-state index in [0.29, 0.717) is 11.1 Å². The van der Waals surface area contributed by atoms with Crippen LogP contribution in [-0.2, 0) is 20.9 Å². The first-order chi connectivity index (χ1) is 16.0. The van der Waals surface area contributed by atoms with Crippen LogP contribution in [0, 0.1) is 16.2 Å². The molecule has 0 N–H and O–H groups in total. The number of pyridine rings is 1. The third kappa shape index (κ3) is 5.04. The maximum absolute atomic E-state index is 12.6. The number of nitro groups is 1. The van der Waals surface area contributed by atoms with Gasteiger partial charge in [-0.3, -0.25) is 20.0 Å². The van der Waals surface area contributed by atoms with Gasteiger partial charge in [0.15, 0.2) is 0 Å². The Morgan fingerprint density at radius 2 is 1.91 bits per heavy atom. The van der Waals surface area contributed by atoms with E-state index >= 15 is 0 Å². The van der Waals surface area contributed by atoms with Crippen molar-refractivity contribution in [2.45, 2.75) is 12.6 Å². The summed E-state index contributed by atoms with van der Waals surface area (Å²) < 4.78 is 10.6. The fourth-order valence-electron chi connectivity index (χ4n) is 3.36. The molecule has 1 fully saturated rings. The first-order valence-corrected chi connectivity index (χ1v) is 9.98. The monoisotopic (exact) mass is 444 g/mol. The van der Waals surface area contributed by atoms with Gasteiger partial charge in [0.05, 0.1) is 16.7 Å². The maximum Gasteiger partial charge on any atom is 0.415 e. The lowest BCUT2D eigenvalue weighted by atomic mass is 10.0. The van der Waals surface area contributed by atoms with Crippen molar-refractivity contribution in [2.75, 3.05) is 6.61 Å². The second-order valence-corrected chi connectivity index (χ2v) is 7.09. The van der Waals surface area contributed by atoms with Crippen molar-refractivity contribution in [3.63, 3.8) is 0 Å². The molecule has 33 heavy (non-hydrogen) atoms. The van der Waals surface area contributed by atoms with E-state index in [1.807, 2.05) is 30.3 Å².